The third kappa shape index (κ3) is 4.86. The van der Waals surface area contributed by atoms with Crippen molar-refractivity contribution in [2.75, 3.05) is 5.43 Å². The number of pyridine rings is 1. The number of hydrogen-bond donors (Lipinski definition) is 4. The molecule has 0 atom stereocenters. The van der Waals surface area contributed by atoms with Crippen molar-refractivity contribution < 1.29 is 4.79 Å². The zero-order valence-electron chi connectivity index (χ0n) is 19.1. The van der Waals surface area contributed by atoms with Crippen molar-refractivity contribution in [3.05, 3.63) is 17.1 Å². The van der Waals surface area contributed by atoms with Gasteiger partial charge >= 0.3 is 6.03 Å². The highest BCUT2D eigenvalue weighted by Gasteiger charge is 2.27. The molecule has 0 aromatic carbocycles. The number of aryl methyl sites for hydroxylation is 3. The van der Waals surface area contributed by atoms with Gasteiger partial charge in [-0.2, -0.15) is 0 Å². The van der Waals surface area contributed by atoms with Crippen LogP contribution in [0.4, 0.5) is 10.6 Å². The molecule has 5 N–H and O–H groups in total. The molecule has 2 aromatic heterocycles. The van der Waals surface area contributed by atoms with Crippen molar-refractivity contribution in [3.8, 4) is 0 Å². The Morgan fingerprint density at radius 1 is 1.20 bits per heavy atom. The number of carbonyl (C=O) groups is 1. The Kier molecular flexibility index (Phi) is 6.85. The SMILES string of the molecule is CCCc1nc2c(NN)nc(C)c(C)c2n1CC(C)(C)NC(=O)NC1CCCCC1. The average molecular weight is 416 g/mol. The van der Waals surface area contributed by atoms with Crippen LogP contribution in [0.25, 0.3) is 11.0 Å². The Labute approximate surface area is 179 Å². The van der Waals surface area contributed by atoms with Gasteiger partial charge in [-0.05, 0) is 52.5 Å². The summed E-state index contributed by atoms with van der Waals surface area (Å²) in [5, 5.41) is 6.34. The molecule has 0 spiro atoms. The normalized spacial score (nSPS) is 15.4. The van der Waals surface area contributed by atoms with Gasteiger partial charge in [0.1, 0.15) is 11.3 Å². The fraction of sp³-hybridized carbons (Fsp3) is 0.682. The quantitative estimate of drug-likeness (QED) is 0.407. The molecule has 3 rings (SSSR count). The monoisotopic (exact) mass is 415 g/mol. The fourth-order valence-electron chi connectivity index (χ4n) is 4.42. The van der Waals surface area contributed by atoms with Gasteiger partial charge in [0.15, 0.2) is 5.82 Å². The van der Waals surface area contributed by atoms with E-state index in [2.05, 4.69) is 53.3 Å². The average Bonchev–Trinajstić information content (AvgIpc) is 3.03. The number of anilines is 1. The molecule has 0 radical (unpaired) electrons. The lowest BCUT2D eigenvalue weighted by molar-refractivity contribution is 0.218. The number of fused-ring (bicyclic) bond motifs is 1. The summed E-state index contributed by atoms with van der Waals surface area (Å²) >= 11 is 0. The van der Waals surface area contributed by atoms with Gasteiger partial charge in [0.2, 0.25) is 0 Å². The van der Waals surface area contributed by atoms with Crippen molar-refractivity contribution in [1.29, 1.82) is 0 Å². The summed E-state index contributed by atoms with van der Waals surface area (Å²) in [5.41, 5.74) is 6.06. The first-order valence-electron chi connectivity index (χ1n) is 11.2. The van der Waals surface area contributed by atoms with E-state index in [1.807, 2.05) is 6.92 Å². The zero-order chi connectivity index (χ0) is 21.9. The minimum atomic E-state index is -0.450. The molecule has 2 amide bonds. The van der Waals surface area contributed by atoms with E-state index < -0.39 is 5.54 Å². The first kappa shape index (κ1) is 22.3. The van der Waals surface area contributed by atoms with E-state index >= 15 is 0 Å². The Morgan fingerprint density at radius 3 is 2.53 bits per heavy atom. The molecule has 1 fully saturated rings. The van der Waals surface area contributed by atoms with Crippen LogP contribution >= 0.6 is 0 Å². The first-order valence-corrected chi connectivity index (χ1v) is 11.2. The van der Waals surface area contributed by atoms with Crippen LogP contribution in [0.2, 0.25) is 0 Å². The van der Waals surface area contributed by atoms with Crippen LogP contribution in [0, 0.1) is 13.8 Å². The predicted molar refractivity (Wildman–Crippen MR) is 121 cm³/mol. The van der Waals surface area contributed by atoms with Crippen molar-refractivity contribution in [1.82, 2.24) is 25.2 Å². The van der Waals surface area contributed by atoms with E-state index in [1.165, 1.54) is 19.3 Å². The van der Waals surface area contributed by atoms with Crippen LogP contribution in [0.3, 0.4) is 0 Å². The highest BCUT2D eigenvalue weighted by atomic mass is 16.2. The molecule has 2 heterocycles. The lowest BCUT2D eigenvalue weighted by Crippen LogP contribution is -2.53. The van der Waals surface area contributed by atoms with E-state index in [0.717, 1.165) is 53.8 Å². The molecule has 0 aliphatic heterocycles. The molecule has 1 saturated carbocycles. The largest absolute Gasteiger partial charge is 0.335 e. The summed E-state index contributed by atoms with van der Waals surface area (Å²) in [4.78, 5) is 22.1. The first-order chi connectivity index (χ1) is 14.3. The second kappa shape index (κ2) is 9.20. The van der Waals surface area contributed by atoms with Gasteiger partial charge in [0.05, 0.1) is 11.1 Å². The van der Waals surface area contributed by atoms with Gasteiger partial charge in [0, 0.05) is 24.7 Å². The Balaban J connectivity index is 1.87. The third-order valence-corrected chi connectivity index (χ3v) is 6.00. The van der Waals surface area contributed by atoms with Gasteiger partial charge in [-0.25, -0.2) is 20.6 Å². The van der Waals surface area contributed by atoms with Crippen molar-refractivity contribution >= 4 is 22.9 Å². The summed E-state index contributed by atoms with van der Waals surface area (Å²) in [6.07, 6.45) is 7.63. The number of nitrogen functional groups attached to an aromatic ring is 1. The maximum atomic E-state index is 12.7. The van der Waals surface area contributed by atoms with E-state index in [4.69, 9.17) is 10.8 Å². The Bertz CT molecular complexity index is 897. The highest BCUT2D eigenvalue weighted by Crippen LogP contribution is 2.29. The number of hydrazine groups is 1. The summed E-state index contributed by atoms with van der Waals surface area (Å²) in [5.74, 6) is 7.30. The second-order valence-corrected chi connectivity index (χ2v) is 9.19. The van der Waals surface area contributed by atoms with E-state index in [-0.39, 0.29) is 12.1 Å². The fourth-order valence-corrected chi connectivity index (χ4v) is 4.42. The Morgan fingerprint density at radius 2 is 1.90 bits per heavy atom. The van der Waals surface area contributed by atoms with Crippen molar-refractivity contribution in [3.63, 3.8) is 0 Å². The number of rotatable bonds is 7. The molecule has 30 heavy (non-hydrogen) atoms. The number of aromatic nitrogens is 3. The van der Waals surface area contributed by atoms with Gasteiger partial charge in [0.25, 0.3) is 0 Å². The standard InChI is InChI=1S/C22H37N7O/c1-6-10-17-26-18-19(14(2)15(3)24-20(18)28-23)29(17)13-22(4,5)27-21(30)25-16-11-8-7-9-12-16/h16H,6-13,23H2,1-5H3,(H,24,28)(H2,25,27,30). The van der Waals surface area contributed by atoms with Crippen LogP contribution in [0.1, 0.15) is 76.4 Å². The van der Waals surface area contributed by atoms with Crippen LogP contribution < -0.4 is 21.9 Å². The molecule has 2 aromatic rings. The number of urea groups is 1. The number of nitrogens with two attached hydrogens (primary N) is 1. The van der Waals surface area contributed by atoms with Gasteiger partial charge in [-0.1, -0.05) is 26.2 Å². The summed E-state index contributed by atoms with van der Waals surface area (Å²) < 4.78 is 2.23. The zero-order valence-corrected chi connectivity index (χ0v) is 19.1. The number of hydrogen-bond acceptors (Lipinski definition) is 5. The van der Waals surface area contributed by atoms with Crippen LogP contribution in [0.15, 0.2) is 0 Å². The topological polar surface area (TPSA) is 110 Å². The minimum absolute atomic E-state index is 0.0905. The highest BCUT2D eigenvalue weighted by molar-refractivity contribution is 5.89. The van der Waals surface area contributed by atoms with Crippen molar-refractivity contribution in [2.24, 2.45) is 5.84 Å². The van der Waals surface area contributed by atoms with Crippen LogP contribution in [-0.4, -0.2) is 32.1 Å². The van der Waals surface area contributed by atoms with Crippen molar-refractivity contribution in [2.45, 2.75) is 97.7 Å². The molecule has 1 aliphatic carbocycles. The van der Waals surface area contributed by atoms with Gasteiger partial charge in [-0.3, -0.25) is 0 Å². The Hall–Kier alpha value is -2.35. The molecule has 1 aliphatic rings. The summed E-state index contributed by atoms with van der Waals surface area (Å²) in [7, 11) is 0. The van der Waals surface area contributed by atoms with E-state index in [1.54, 1.807) is 0 Å². The molecular weight excluding hydrogens is 378 g/mol. The lowest BCUT2D eigenvalue weighted by Gasteiger charge is -2.30. The number of nitrogens with zero attached hydrogens (tertiary/aromatic N) is 3. The molecule has 0 unspecified atom stereocenters. The van der Waals surface area contributed by atoms with E-state index in [9.17, 15) is 4.79 Å². The van der Waals surface area contributed by atoms with Crippen LogP contribution in [-0.2, 0) is 13.0 Å². The molecule has 166 valence electrons. The third-order valence-electron chi connectivity index (χ3n) is 6.00. The molecule has 0 saturated heterocycles. The number of amides is 2. The van der Waals surface area contributed by atoms with Gasteiger partial charge < -0.3 is 20.6 Å². The van der Waals surface area contributed by atoms with E-state index in [0.29, 0.717) is 12.4 Å². The predicted octanol–water partition coefficient (Wildman–Crippen LogP) is 3.70. The number of nitrogens with one attached hydrogen (secondary N) is 3. The maximum Gasteiger partial charge on any atom is 0.315 e. The van der Waals surface area contributed by atoms with Gasteiger partial charge in [-0.15, -0.1) is 0 Å². The molecular formula is C22H37N7O. The molecule has 8 nitrogen and oxygen atoms in total. The smallest absolute Gasteiger partial charge is 0.315 e. The maximum absolute atomic E-state index is 12.7. The molecule has 8 heteroatoms. The minimum Gasteiger partial charge on any atom is -0.335 e. The summed E-state index contributed by atoms with van der Waals surface area (Å²) in [6.45, 7) is 10.9. The second-order valence-electron chi connectivity index (χ2n) is 9.19. The summed E-state index contributed by atoms with van der Waals surface area (Å²) in [6, 6.07) is 0.195. The number of carbonyl (C=O) groups excluding carboxylic acids is 1. The number of imidazole rings is 1. The molecule has 0 bridgehead atoms. The lowest BCUT2D eigenvalue weighted by atomic mass is 9.95. The van der Waals surface area contributed by atoms with Crippen LogP contribution in [0.5, 0.6) is 0 Å².